The first-order chi connectivity index (χ1) is 17.0. The summed E-state index contributed by atoms with van der Waals surface area (Å²) in [6.45, 7) is 3.10. The van der Waals surface area contributed by atoms with Crippen molar-refractivity contribution in [2.24, 2.45) is 0 Å². The molecule has 0 radical (unpaired) electrons. The number of morpholine rings is 1. The summed E-state index contributed by atoms with van der Waals surface area (Å²) < 4.78 is 21.4. The third-order valence-electron chi connectivity index (χ3n) is 5.67. The van der Waals surface area contributed by atoms with E-state index in [0.717, 1.165) is 18.8 Å². The molecule has 0 unspecified atom stereocenters. The van der Waals surface area contributed by atoms with Gasteiger partial charge >= 0.3 is 0 Å². The number of nitrogens with zero attached hydrogens (tertiary/aromatic N) is 1. The van der Waals surface area contributed by atoms with Crippen molar-refractivity contribution in [3.8, 4) is 17.2 Å². The van der Waals surface area contributed by atoms with Gasteiger partial charge in [-0.15, -0.1) is 0 Å². The topological polar surface area (TPSA) is 98.4 Å². The predicted octanol–water partition coefficient (Wildman–Crippen LogP) is 3.04. The largest absolute Gasteiger partial charge is 0.493 e. The Hall–Kier alpha value is -3.11. The molecule has 0 saturated carbocycles. The fourth-order valence-corrected chi connectivity index (χ4v) is 4.24. The molecule has 0 aliphatic carbocycles. The van der Waals surface area contributed by atoms with Crippen LogP contribution in [0.1, 0.15) is 16.8 Å². The van der Waals surface area contributed by atoms with Gasteiger partial charge in [0.2, 0.25) is 11.7 Å². The summed E-state index contributed by atoms with van der Waals surface area (Å²) in [4.78, 5) is 28.4. The van der Waals surface area contributed by atoms with Crippen LogP contribution in [0.2, 0.25) is 0 Å². The lowest BCUT2D eigenvalue weighted by Crippen LogP contribution is -2.44. The summed E-state index contributed by atoms with van der Waals surface area (Å²) in [5.74, 6) is 1.14. The Labute approximate surface area is 210 Å². The molecule has 2 amide bonds. The average molecular weight is 504 g/mol. The highest BCUT2D eigenvalue weighted by Crippen LogP contribution is 2.38. The number of ether oxygens (including phenoxy) is 4. The van der Waals surface area contributed by atoms with Crippen molar-refractivity contribution in [1.29, 1.82) is 0 Å². The van der Waals surface area contributed by atoms with Crippen LogP contribution < -0.4 is 29.7 Å². The van der Waals surface area contributed by atoms with Crippen LogP contribution in [0, 0.1) is 0 Å². The Bertz CT molecular complexity index is 970. The van der Waals surface area contributed by atoms with Crippen LogP contribution in [0.3, 0.4) is 0 Å². The van der Waals surface area contributed by atoms with E-state index in [2.05, 4.69) is 15.5 Å². The fraction of sp³-hybridized carbons (Fsp3) is 0.440. The van der Waals surface area contributed by atoms with Gasteiger partial charge in [0.25, 0.3) is 5.91 Å². The molecule has 2 aromatic rings. The predicted molar refractivity (Wildman–Crippen MR) is 138 cm³/mol. The van der Waals surface area contributed by atoms with E-state index in [0.29, 0.717) is 53.9 Å². The highest BCUT2D eigenvalue weighted by Gasteiger charge is 2.24. The van der Waals surface area contributed by atoms with Crippen LogP contribution >= 0.6 is 11.8 Å². The normalized spacial score (nSPS) is 14.1. The number of nitrogens with one attached hydrogen (secondary N) is 2. The molecule has 0 aromatic heterocycles. The highest BCUT2D eigenvalue weighted by atomic mass is 32.2. The summed E-state index contributed by atoms with van der Waals surface area (Å²) in [5, 5.41) is 5.78. The van der Waals surface area contributed by atoms with Crippen molar-refractivity contribution in [3.63, 3.8) is 0 Å². The summed E-state index contributed by atoms with van der Waals surface area (Å²) in [7, 11) is 4.46. The number of carbonyl (C=O) groups is 2. The van der Waals surface area contributed by atoms with Crippen LogP contribution in [-0.2, 0) is 9.53 Å². The van der Waals surface area contributed by atoms with Gasteiger partial charge in [0, 0.05) is 30.0 Å². The minimum Gasteiger partial charge on any atom is -0.493 e. The van der Waals surface area contributed by atoms with Crippen molar-refractivity contribution in [2.45, 2.75) is 12.5 Å². The number of hydrogen-bond acceptors (Lipinski definition) is 8. The van der Waals surface area contributed by atoms with Crippen molar-refractivity contribution in [1.82, 2.24) is 5.32 Å². The summed E-state index contributed by atoms with van der Waals surface area (Å²) in [5.41, 5.74) is 2.06. The number of amides is 2. The Balaban J connectivity index is 1.71. The molecule has 9 nitrogen and oxygen atoms in total. The Morgan fingerprint density at radius 2 is 1.66 bits per heavy atom. The lowest BCUT2D eigenvalue weighted by Gasteiger charge is -2.29. The minimum absolute atomic E-state index is 0.279. The number of hydrogen-bond donors (Lipinski definition) is 2. The van der Waals surface area contributed by atoms with Gasteiger partial charge in [0.1, 0.15) is 6.04 Å². The van der Waals surface area contributed by atoms with E-state index in [-0.39, 0.29) is 5.91 Å². The molecule has 2 N–H and O–H groups in total. The average Bonchev–Trinajstić information content (AvgIpc) is 2.90. The maximum Gasteiger partial charge on any atom is 0.252 e. The lowest BCUT2D eigenvalue weighted by atomic mass is 10.1. The first-order valence-electron chi connectivity index (χ1n) is 11.3. The number of rotatable bonds is 11. The highest BCUT2D eigenvalue weighted by molar-refractivity contribution is 7.98. The van der Waals surface area contributed by atoms with Gasteiger partial charge in [-0.1, -0.05) is 0 Å². The molecule has 3 rings (SSSR count). The lowest BCUT2D eigenvalue weighted by molar-refractivity contribution is -0.118. The zero-order valence-corrected chi connectivity index (χ0v) is 21.4. The van der Waals surface area contributed by atoms with Gasteiger partial charge in [0.15, 0.2) is 11.5 Å². The van der Waals surface area contributed by atoms with Crippen LogP contribution in [0.4, 0.5) is 11.4 Å². The first-order valence-corrected chi connectivity index (χ1v) is 12.7. The van der Waals surface area contributed by atoms with E-state index >= 15 is 0 Å². The van der Waals surface area contributed by atoms with Gasteiger partial charge in [-0.3, -0.25) is 9.59 Å². The third-order valence-corrected chi connectivity index (χ3v) is 6.31. The zero-order chi connectivity index (χ0) is 25.2. The van der Waals surface area contributed by atoms with E-state index in [1.165, 1.54) is 21.3 Å². The number of anilines is 2. The smallest absolute Gasteiger partial charge is 0.252 e. The summed E-state index contributed by atoms with van der Waals surface area (Å²) >= 11 is 1.61. The Kier molecular flexibility index (Phi) is 9.92. The SMILES string of the molecule is COc1cc(C(=O)N[C@H](CCSC)C(=O)Nc2ccc(N3CCOCC3)cc2)cc(OC)c1OC. The summed E-state index contributed by atoms with van der Waals surface area (Å²) in [6, 6.07) is 10.1. The Morgan fingerprint density at radius 3 is 2.20 bits per heavy atom. The molecule has 0 spiro atoms. The molecule has 0 bridgehead atoms. The van der Waals surface area contributed by atoms with Gasteiger partial charge in [0.05, 0.1) is 34.5 Å². The second-order valence-electron chi connectivity index (χ2n) is 7.86. The van der Waals surface area contributed by atoms with Crippen molar-refractivity contribution in [2.75, 3.05) is 69.9 Å². The second kappa shape index (κ2) is 13.1. The van der Waals surface area contributed by atoms with Gasteiger partial charge in [-0.05, 0) is 54.8 Å². The maximum atomic E-state index is 13.1. The molecule has 1 heterocycles. The van der Waals surface area contributed by atoms with Crippen LogP contribution in [0.25, 0.3) is 0 Å². The van der Waals surface area contributed by atoms with Crippen molar-refractivity contribution < 1.29 is 28.5 Å². The van der Waals surface area contributed by atoms with E-state index in [4.69, 9.17) is 18.9 Å². The number of methoxy groups -OCH3 is 3. The molecule has 1 fully saturated rings. The molecule has 2 aromatic carbocycles. The van der Waals surface area contributed by atoms with Crippen LogP contribution in [0.5, 0.6) is 17.2 Å². The van der Waals surface area contributed by atoms with Crippen LogP contribution in [-0.4, -0.2) is 77.5 Å². The van der Waals surface area contributed by atoms with Crippen molar-refractivity contribution >= 4 is 35.0 Å². The van der Waals surface area contributed by atoms with E-state index < -0.39 is 11.9 Å². The Morgan fingerprint density at radius 1 is 1.03 bits per heavy atom. The first kappa shape index (κ1) is 26.5. The molecular weight excluding hydrogens is 470 g/mol. The molecule has 35 heavy (non-hydrogen) atoms. The molecular formula is C25H33N3O6S. The van der Waals surface area contributed by atoms with E-state index in [1.54, 1.807) is 23.9 Å². The second-order valence-corrected chi connectivity index (χ2v) is 8.84. The quantitative estimate of drug-likeness (QED) is 0.483. The zero-order valence-electron chi connectivity index (χ0n) is 20.6. The molecule has 190 valence electrons. The monoisotopic (exact) mass is 503 g/mol. The van der Waals surface area contributed by atoms with E-state index in [1.807, 2.05) is 30.5 Å². The van der Waals surface area contributed by atoms with Crippen LogP contribution in [0.15, 0.2) is 36.4 Å². The molecule has 1 saturated heterocycles. The summed E-state index contributed by atoms with van der Waals surface area (Å²) in [6.07, 6.45) is 2.44. The van der Waals surface area contributed by atoms with Gasteiger partial charge in [-0.2, -0.15) is 11.8 Å². The molecule has 1 atom stereocenters. The molecule has 1 aliphatic rings. The van der Waals surface area contributed by atoms with Gasteiger partial charge in [-0.25, -0.2) is 0 Å². The third kappa shape index (κ3) is 6.95. The van der Waals surface area contributed by atoms with E-state index in [9.17, 15) is 9.59 Å². The van der Waals surface area contributed by atoms with Crippen molar-refractivity contribution in [3.05, 3.63) is 42.0 Å². The maximum absolute atomic E-state index is 13.1. The van der Waals surface area contributed by atoms with Gasteiger partial charge < -0.3 is 34.5 Å². The minimum atomic E-state index is -0.715. The fourth-order valence-electron chi connectivity index (χ4n) is 3.76. The molecule has 1 aliphatic heterocycles. The number of thioether (sulfide) groups is 1. The number of benzene rings is 2. The standard InChI is InChI=1S/C25H33N3O6S/c1-31-21-15-17(16-22(32-2)23(21)33-3)24(29)27-20(9-14-35-4)25(30)26-18-5-7-19(8-6-18)28-10-12-34-13-11-28/h5-8,15-16,20H,9-14H2,1-4H3,(H,26,30)(H,27,29)/t20-/m1/s1. The molecule has 10 heteroatoms. The number of carbonyl (C=O) groups excluding carboxylic acids is 2.